The molecule has 1 saturated heterocycles. The van der Waals surface area contributed by atoms with Gasteiger partial charge in [0.2, 0.25) is 5.91 Å². The van der Waals surface area contributed by atoms with E-state index in [0.29, 0.717) is 15.9 Å². The summed E-state index contributed by atoms with van der Waals surface area (Å²) in [5, 5.41) is 3.88. The van der Waals surface area contributed by atoms with Gasteiger partial charge in [-0.25, -0.2) is 4.99 Å². The second kappa shape index (κ2) is 4.55. The second-order valence-electron chi connectivity index (χ2n) is 2.85. The number of carbonyl (C=O) groups excluding carboxylic acids is 1. The van der Waals surface area contributed by atoms with Gasteiger partial charge in [0.25, 0.3) is 0 Å². The molecule has 0 radical (unpaired) electrons. The molecule has 0 aliphatic carbocycles. The lowest BCUT2D eigenvalue weighted by molar-refractivity contribution is -0.116. The molecule has 0 atom stereocenters. The van der Waals surface area contributed by atoms with E-state index in [1.54, 1.807) is 6.07 Å². The lowest BCUT2D eigenvalue weighted by Gasteiger charge is -1.99. The number of nitrogens with zero attached hydrogens (tertiary/aromatic N) is 1. The number of thioether (sulfide) groups is 1. The molecule has 0 saturated carbocycles. The first kappa shape index (κ1) is 11.0. The smallest absolute Gasteiger partial charge is 0.236 e. The van der Waals surface area contributed by atoms with Gasteiger partial charge in [-0.2, -0.15) is 0 Å². The molecular weight excluding hydrogens is 300 g/mol. The third-order valence-corrected chi connectivity index (χ3v) is 3.83. The zero-order valence-corrected chi connectivity index (χ0v) is 10.6. The first-order valence-electron chi connectivity index (χ1n) is 4.11. The Balaban J connectivity index is 2.24. The van der Waals surface area contributed by atoms with Gasteiger partial charge in [-0.05, 0) is 34.1 Å². The molecule has 1 heterocycles. The monoisotopic (exact) mass is 304 g/mol. The highest BCUT2D eigenvalue weighted by atomic mass is 79.9. The van der Waals surface area contributed by atoms with Crippen molar-refractivity contribution in [3.63, 3.8) is 0 Å². The summed E-state index contributed by atoms with van der Waals surface area (Å²) in [5.41, 5.74) is 0.730. The number of rotatable bonds is 1. The van der Waals surface area contributed by atoms with E-state index in [1.165, 1.54) is 11.8 Å². The van der Waals surface area contributed by atoms with Crippen molar-refractivity contribution >= 4 is 56.1 Å². The van der Waals surface area contributed by atoms with Crippen LogP contribution in [0.3, 0.4) is 0 Å². The van der Waals surface area contributed by atoms with Crippen LogP contribution in [0.4, 0.5) is 5.69 Å². The molecular formula is C9H6BrClN2OS. The average molecular weight is 306 g/mol. The Morgan fingerprint density at radius 1 is 1.53 bits per heavy atom. The van der Waals surface area contributed by atoms with Gasteiger partial charge >= 0.3 is 0 Å². The molecule has 1 fully saturated rings. The van der Waals surface area contributed by atoms with Crippen LogP contribution in [-0.2, 0) is 4.79 Å². The van der Waals surface area contributed by atoms with Gasteiger partial charge in [0.05, 0.1) is 16.5 Å². The molecule has 1 N–H and O–H groups in total. The molecule has 1 amide bonds. The molecule has 0 spiro atoms. The molecule has 1 aliphatic heterocycles. The van der Waals surface area contributed by atoms with Gasteiger partial charge in [0, 0.05) is 4.47 Å². The van der Waals surface area contributed by atoms with E-state index in [4.69, 9.17) is 11.6 Å². The third-order valence-electron chi connectivity index (χ3n) is 1.72. The van der Waals surface area contributed by atoms with Crippen LogP contribution in [0.2, 0.25) is 5.02 Å². The molecule has 1 aromatic carbocycles. The van der Waals surface area contributed by atoms with E-state index in [9.17, 15) is 4.79 Å². The van der Waals surface area contributed by atoms with Crippen molar-refractivity contribution in [3.8, 4) is 0 Å². The van der Waals surface area contributed by atoms with Crippen molar-refractivity contribution in [2.24, 2.45) is 4.99 Å². The molecule has 78 valence electrons. The Morgan fingerprint density at radius 3 is 2.93 bits per heavy atom. The lowest BCUT2D eigenvalue weighted by Crippen LogP contribution is -2.19. The van der Waals surface area contributed by atoms with E-state index < -0.39 is 0 Å². The van der Waals surface area contributed by atoms with Crippen molar-refractivity contribution in [1.82, 2.24) is 5.32 Å². The fourth-order valence-electron chi connectivity index (χ4n) is 1.06. The molecule has 6 heteroatoms. The predicted molar refractivity (Wildman–Crippen MR) is 66.8 cm³/mol. The summed E-state index contributed by atoms with van der Waals surface area (Å²) in [6, 6.07) is 5.39. The summed E-state index contributed by atoms with van der Waals surface area (Å²) >= 11 is 10.6. The molecule has 0 unspecified atom stereocenters. The van der Waals surface area contributed by atoms with Crippen LogP contribution in [0.5, 0.6) is 0 Å². The lowest BCUT2D eigenvalue weighted by atomic mass is 10.3. The quantitative estimate of drug-likeness (QED) is 0.866. The van der Waals surface area contributed by atoms with Crippen LogP contribution in [0.25, 0.3) is 0 Å². The number of amides is 1. The molecule has 1 aliphatic rings. The molecule has 2 rings (SSSR count). The van der Waals surface area contributed by atoms with E-state index >= 15 is 0 Å². The summed E-state index contributed by atoms with van der Waals surface area (Å²) in [6.07, 6.45) is 0. The van der Waals surface area contributed by atoms with Gasteiger partial charge in [0.15, 0.2) is 5.17 Å². The van der Waals surface area contributed by atoms with Crippen LogP contribution in [0.1, 0.15) is 0 Å². The number of halogens is 2. The maximum atomic E-state index is 10.9. The highest BCUT2D eigenvalue weighted by molar-refractivity contribution is 9.10. The van der Waals surface area contributed by atoms with Crippen LogP contribution >= 0.6 is 39.3 Å². The van der Waals surface area contributed by atoms with Crippen LogP contribution < -0.4 is 5.32 Å². The van der Waals surface area contributed by atoms with Crippen molar-refractivity contribution in [2.75, 3.05) is 5.75 Å². The maximum absolute atomic E-state index is 10.9. The van der Waals surface area contributed by atoms with E-state index in [-0.39, 0.29) is 5.91 Å². The molecule has 0 aromatic heterocycles. The Labute approximate surface area is 104 Å². The third kappa shape index (κ3) is 2.74. The van der Waals surface area contributed by atoms with Crippen LogP contribution in [-0.4, -0.2) is 16.8 Å². The summed E-state index contributed by atoms with van der Waals surface area (Å²) < 4.78 is 0.830. The topological polar surface area (TPSA) is 41.5 Å². The largest absolute Gasteiger partial charge is 0.304 e. The van der Waals surface area contributed by atoms with E-state index in [1.807, 2.05) is 12.1 Å². The fraction of sp³-hybridized carbons (Fsp3) is 0.111. The van der Waals surface area contributed by atoms with E-state index in [2.05, 4.69) is 26.2 Å². The summed E-state index contributed by atoms with van der Waals surface area (Å²) in [5.74, 6) is 0.422. The minimum absolute atomic E-state index is 0.0121. The Hall–Kier alpha value is -0.520. The minimum Gasteiger partial charge on any atom is -0.304 e. The first-order chi connectivity index (χ1) is 7.15. The van der Waals surface area contributed by atoms with Crippen molar-refractivity contribution in [2.45, 2.75) is 0 Å². The van der Waals surface area contributed by atoms with Gasteiger partial charge in [0.1, 0.15) is 0 Å². The summed E-state index contributed by atoms with van der Waals surface area (Å²) in [4.78, 5) is 15.2. The number of nitrogens with one attached hydrogen (secondary N) is 1. The van der Waals surface area contributed by atoms with Gasteiger partial charge < -0.3 is 5.32 Å². The minimum atomic E-state index is -0.0121. The van der Waals surface area contributed by atoms with Crippen LogP contribution in [0.15, 0.2) is 27.7 Å². The second-order valence-corrected chi connectivity index (χ2v) is 5.08. The number of aliphatic imine (C=N–C) groups is 1. The average Bonchev–Trinajstić information content (AvgIpc) is 2.58. The Morgan fingerprint density at radius 2 is 2.33 bits per heavy atom. The van der Waals surface area contributed by atoms with Gasteiger partial charge in [-0.3, -0.25) is 4.79 Å². The number of hydrogen-bond acceptors (Lipinski definition) is 3. The molecule has 3 nitrogen and oxygen atoms in total. The number of benzene rings is 1. The SMILES string of the molecule is O=C1CSC(=Nc2ccc(Br)c(Cl)c2)N1. The van der Waals surface area contributed by atoms with Crippen LogP contribution in [0, 0.1) is 0 Å². The van der Waals surface area contributed by atoms with Crippen molar-refractivity contribution in [3.05, 3.63) is 27.7 Å². The Kier molecular flexibility index (Phi) is 3.33. The molecule has 1 aromatic rings. The molecule has 15 heavy (non-hydrogen) atoms. The van der Waals surface area contributed by atoms with Crippen molar-refractivity contribution < 1.29 is 4.79 Å². The zero-order valence-electron chi connectivity index (χ0n) is 7.46. The normalized spacial score (nSPS) is 18.3. The highest BCUT2D eigenvalue weighted by Crippen LogP contribution is 2.27. The van der Waals surface area contributed by atoms with E-state index in [0.717, 1.165) is 10.2 Å². The van der Waals surface area contributed by atoms with Gasteiger partial charge in [-0.1, -0.05) is 23.4 Å². The fourth-order valence-corrected chi connectivity index (χ4v) is 2.17. The zero-order chi connectivity index (χ0) is 10.8. The predicted octanol–water partition coefficient (Wildman–Crippen LogP) is 2.95. The number of amidine groups is 1. The maximum Gasteiger partial charge on any atom is 0.236 e. The molecule has 0 bridgehead atoms. The highest BCUT2D eigenvalue weighted by Gasteiger charge is 2.16. The van der Waals surface area contributed by atoms with Gasteiger partial charge in [-0.15, -0.1) is 0 Å². The Bertz CT molecular complexity index is 450. The standard InChI is InChI=1S/C9H6BrClN2OS/c10-6-2-1-5(3-7(6)11)12-9-13-8(14)4-15-9/h1-3H,4H2,(H,12,13,14). The van der Waals surface area contributed by atoms with Crippen molar-refractivity contribution in [1.29, 1.82) is 0 Å². The number of hydrogen-bond donors (Lipinski definition) is 1. The number of carbonyl (C=O) groups is 1. The first-order valence-corrected chi connectivity index (χ1v) is 6.27. The summed E-state index contributed by atoms with van der Waals surface area (Å²) in [6.45, 7) is 0. The summed E-state index contributed by atoms with van der Waals surface area (Å²) in [7, 11) is 0.